The Balaban J connectivity index is 1.26. The van der Waals surface area contributed by atoms with Crippen LogP contribution in [0.3, 0.4) is 0 Å². The normalized spacial score (nSPS) is 21.7. The lowest BCUT2D eigenvalue weighted by Gasteiger charge is -2.18. The molecule has 140 valence electrons. The van der Waals surface area contributed by atoms with E-state index in [0.29, 0.717) is 13.2 Å². The van der Waals surface area contributed by atoms with Gasteiger partial charge in [-0.1, -0.05) is 26.2 Å². The number of nitrogens with one attached hydrogen (secondary N) is 1. The zero-order chi connectivity index (χ0) is 17.8. The average Bonchev–Trinajstić information content (AvgIpc) is 3.33. The molecule has 4 rings (SSSR count). The molecule has 2 unspecified atom stereocenters. The number of aromatic nitrogens is 1. The molecule has 1 fully saturated rings. The van der Waals surface area contributed by atoms with E-state index in [1.807, 2.05) is 18.2 Å². The van der Waals surface area contributed by atoms with Crippen LogP contribution < -0.4 is 14.2 Å². The summed E-state index contributed by atoms with van der Waals surface area (Å²) in [5, 5.41) is 3.16. The third-order valence-corrected chi connectivity index (χ3v) is 7.08. The van der Waals surface area contributed by atoms with Crippen molar-refractivity contribution in [2.75, 3.05) is 17.9 Å². The number of ether oxygens (including phenoxy) is 2. The Morgan fingerprint density at radius 3 is 2.88 bits per heavy atom. The predicted molar refractivity (Wildman–Crippen MR) is 108 cm³/mol. The van der Waals surface area contributed by atoms with Crippen LogP contribution in [0.25, 0.3) is 0 Å². The van der Waals surface area contributed by atoms with Gasteiger partial charge in [-0.2, -0.15) is 0 Å². The quantitative estimate of drug-likeness (QED) is 0.606. The Kier molecular flexibility index (Phi) is 5.90. The highest BCUT2D eigenvalue weighted by molar-refractivity contribution is 8.00. The highest BCUT2D eigenvalue weighted by Crippen LogP contribution is 2.36. The van der Waals surface area contributed by atoms with Crippen LogP contribution in [-0.2, 0) is 6.42 Å². The highest BCUT2D eigenvalue weighted by Gasteiger charge is 2.23. The van der Waals surface area contributed by atoms with E-state index in [-0.39, 0.29) is 0 Å². The van der Waals surface area contributed by atoms with Gasteiger partial charge in [-0.15, -0.1) is 11.3 Å². The highest BCUT2D eigenvalue weighted by atomic mass is 32.2. The molecule has 4 nitrogen and oxygen atoms in total. The van der Waals surface area contributed by atoms with Gasteiger partial charge >= 0.3 is 0 Å². The molecule has 0 radical (unpaired) electrons. The van der Waals surface area contributed by atoms with Gasteiger partial charge in [0.15, 0.2) is 16.6 Å². The van der Waals surface area contributed by atoms with Gasteiger partial charge in [-0.25, -0.2) is 4.98 Å². The summed E-state index contributed by atoms with van der Waals surface area (Å²) < 4.78 is 14.6. The minimum absolute atomic E-state index is 0.615. The Bertz CT molecular complexity index is 734. The van der Waals surface area contributed by atoms with Crippen LogP contribution in [0.4, 0.5) is 5.13 Å². The van der Waals surface area contributed by atoms with E-state index >= 15 is 0 Å². The number of aryl methyl sites for hydroxylation is 1. The van der Waals surface area contributed by atoms with Crippen LogP contribution in [-0.4, -0.2) is 18.2 Å². The van der Waals surface area contributed by atoms with Gasteiger partial charge in [0.1, 0.15) is 13.2 Å². The second kappa shape index (κ2) is 8.53. The van der Waals surface area contributed by atoms with E-state index < -0.39 is 0 Å². The van der Waals surface area contributed by atoms with Gasteiger partial charge in [0.2, 0.25) is 0 Å². The van der Waals surface area contributed by atoms with E-state index in [1.54, 1.807) is 23.3 Å². The van der Waals surface area contributed by atoms with Gasteiger partial charge in [-0.05, 0) is 61.2 Å². The molecule has 2 heterocycles. The molecule has 2 atom stereocenters. The van der Waals surface area contributed by atoms with Crippen molar-refractivity contribution in [3.8, 4) is 11.5 Å². The molecule has 0 saturated heterocycles. The van der Waals surface area contributed by atoms with Crippen LogP contribution in [0.1, 0.15) is 44.7 Å². The third-order valence-electron chi connectivity index (χ3n) is 5.36. The summed E-state index contributed by atoms with van der Waals surface area (Å²) >= 11 is 3.25. The molecular formula is C20H26N2O2S2. The van der Waals surface area contributed by atoms with Crippen molar-refractivity contribution in [3.05, 3.63) is 29.3 Å². The molecular weight excluding hydrogens is 364 g/mol. The van der Waals surface area contributed by atoms with Crippen molar-refractivity contribution in [2.45, 2.75) is 50.3 Å². The zero-order valence-electron chi connectivity index (χ0n) is 15.2. The lowest BCUT2D eigenvalue weighted by atomic mass is 9.98. The standard InChI is InChI=1S/C20H26N2O2S2/c1-2-14-3-4-15(11-14)5-6-16-13-25-20(21-16)22-26-17-7-8-18-19(12-17)24-10-9-23-18/h7-8,12-15H,2-6,9-11H2,1H3,(H,21,22). The molecule has 1 aromatic heterocycles. The first-order valence-electron chi connectivity index (χ1n) is 9.57. The Hall–Kier alpha value is -1.40. The second-order valence-electron chi connectivity index (χ2n) is 7.15. The molecule has 1 aliphatic carbocycles. The predicted octanol–water partition coefficient (Wildman–Crippen LogP) is 5.79. The number of hydrogen-bond donors (Lipinski definition) is 1. The van der Waals surface area contributed by atoms with Crippen molar-refractivity contribution in [1.29, 1.82) is 0 Å². The summed E-state index contributed by atoms with van der Waals surface area (Å²) in [5.74, 6) is 3.53. The lowest BCUT2D eigenvalue weighted by molar-refractivity contribution is 0.171. The summed E-state index contributed by atoms with van der Waals surface area (Å²) in [6.07, 6.45) is 8.00. The molecule has 6 heteroatoms. The zero-order valence-corrected chi connectivity index (χ0v) is 16.8. The smallest absolute Gasteiger partial charge is 0.193 e. The molecule has 1 N–H and O–H groups in total. The SMILES string of the molecule is CCC1CCC(CCc2csc(NSc3ccc4c(c3)OCCO4)n2)C1. The number of thiazole rings is 1. The van der Waals surface area contributed by atoms with Crippen molar-refractivity contribution in [1.82, 2.24) is 4.98 Å². The fourth-order valence-electron chi connectivity index (χ4n) is 3.82. The number of nitrogens with zero attached hydrogens (tertiary/aromatic N) is 1. The van der Waals surface area contributed by atoms with Crippen LogP contribution in [0.2, 0.25) is 0 Å². The first-order valence-corrected chi connectivity index (χ1v) is 11.3. The van der Waals surface area contributed by atoms with Crippen LogP contribution >= 0.6 is 23.3 Å². The Morgan fingerprint density at radius 2 is 2.04 bits per heavy atom. The van der Waals surface area contributed by atoms with E-state index in [9.17, 15) is 0 Å². The maximum Gasteiger partial charge on any atom is 0.193 e. The molecule has 1 aliphatic heterocycles. The van der Waals surface area contributed by atoms with Crippen LogP contribution in [0, 0.1) is 11.8 Å². The van der Waals surface area contributed by atoms with Crippen molar-refractivity contribution < 1.29 is 9.47 Å². The summed E-state index contributed by atoms with van der Waals surface area (Å²) in [4.78, 5) is 5.84. The van der Waals surface area contributed by atoms with Gasteiger partial charge < -0.3 is 14.2 Å². The first-order chi connectivity index (χ1) is 12.8. The summed E-state index contributed by atoms with van der Waals surface area (Å²) in [5.41, 5.74) is 1.22. The molecule has 1 saturated carbocycles. The molecule has 1 aromatic carbocycles. The number of benzene rings is 1. The minimum atomic E-state index is 0.615. The first kappa shape index (κ1) is 18.0. The van der Waals surface area contributed by atoms with Gasteiger partial charge in [0, 0.05) is 10.3 Å². The topological polar surface area (TPSA) is 43.4 Å². The van der Waals surface area contributed by atoms with Crippen LogP contribution in [0.5, 0.6) is 11.5 Å². The maximum absolute atomic E-state index is 5.64. The molecule has 26 heavy (non-hydrogen) atoms. The molecule has 0 spiro atoms. The minimum Gasteiger partial charge on any atom is -0.486 e. The Morgan fingerprint density at radius 1 is 1.19 bits per heavy atom. The number of fused-ring (bicyclic) bond motifs is 1. The molecule has 0 amide bonds. The van der Waals surface area contributed by atoms with E-state index in [4.69, 9.17) is 14.5 Å². The fourth-order valence-corrected chi connectivity index (χ4v) is 5.28. The number of hydrogen-bond acceptors (Lipinski definition) is 6. The average molecular weight is 391 g/mol. The maximum atomic E-state index is 5.64. The molecule has 0 bridgehead atoms. The largest absolute Gasteiger partial charge is 0.486 e. The summed E-state index contributed by atoms with van der Waals surface area (Å²) in [7, 11) is 0. The Labute approximate surface area is 163 Å². The van der Waals surface area contributed by atoms with Gasteiger partial charge in [0.25, 0.3) is 0 Å². The van der Waals surface area contributed by atoms with Crippen molar-refractivity contribution in [3.63, 3.8) is 0 Å². The summed E-state index contributed by atoms with van der Waals surface area (Å²) in [6.45, 7) is 3.56. The van der Waals surface area contributed by atoms with Gasteiger partial charge in [0.05, 0.1) is 5.69 Å². The second-order valence-corrected chi connectivity index (χ2v) is 8.88. The third kappa shape index (κ3) is 4.46. The van der Waals surface area contributed by atoms with E-state index in [2.05, 4.69) is 17.0 Å². The van der Waals surface area contributed by atoms with Crippen LogP contribution in [0.15, 0.2) is 28.5 Å². The van der Waals surface area contributed by atoms with Crippen molar-refractivity contribution >= 4 is 28.4 Å². The fraction of sp³-hybridized carbons (Fsp3) is 0.550. The summed E-state index contributed by atoms with van der Waals surface area (Å²) in [6, 6.07) is 6.03. The lowest BCUT2D eigenvalue weighted by Crippen LogP contribution is -2.15. The van der Waals surface area contributed by atoms with E-state index in [1.165, 1.54) is 37.8 Å². The van der Waals surface area contributed by atoms with E-state index in [0.717, 1.165) is 39.8 Å². The number of rotatable bonds is 7. The molecule has 2 aliphatic rings. The molecule has 2 aromatic rings. The van der Waals surface area contributed by atoms with Crippen molar-refractivity contribution in [2.24, 2.45) is 11.8 Å². The monoisotopic (exact) mass is 390 g/mol. The number of anilines is 1. The van der Waals surface area contributed by atoms with Gasteiger partial charge in [-0.3, -0.25) is 0 Å².